The highest BCUT2D eigenvalue weighted by Crippen LogP contribution is 2.56. The van der Waals surface area contributed by atoms with E-state index in [-0.39, 0.29) is 34.2 Å². The topological polar surface area (TPSA) is 69.7 Å². The standard InChI is InChI=1S/C30H43O5P/c1-19(17-29(4,5)6)18-36(33,27(31)24-13-12-23(34-10)16-25(24)35-11)28(32)26-20(2)14-22(15-21(26)3)30(7,8)9/h12-16,19H,17-18H2,1-11H3. The molecule has 5 nitrogen and oxygen atoms in total. The summed E-state index contributed by atoms with van der Waals surface area (Å²) in [7, 11) is -1.10. The highest BCUT2D eigenvalue weighted by atomic mass is 31.2. The monoisotopic (exact) mass is 514 g/mol. The number of carbonyl (C=O) groups excluding carboxylic acids is 2. The third-order valence-electron chi connectivity index (χ3n) is 6.44. The van der Waals surface area contributed by atoms with Gasteiger partial charge in [0.2, 0.25) is 18.2 Å². The zero-order chi connectivity index (χ0) is 27.6. The van der Waals surface area contributed by atoms with Crippen molar-refractivity contribution in [3.8, 4) is 11.5 Å². The first-order valence-electron chi connectivity index (χ1n) is 12.5. The lowest BCUT2D eigenvalue weighted by molar-refractivity contribution is 0.103. The van der Waals surface area contributed by atoms with E-state index in [9.17, 15) is 14.2 Å². The van der Waals surface area contributed by atoms with Crippen molar-refractivity contribution in [3.63, 3.8) is 0 Å². The van der Waals surface area contributed by atoms with Crippen LogP contribution in [0.1, 0.15) is 92.3 Å². The number of benzene rings is 2. The average Bonchev–Trinajstić information content (AvgIpc) is 2.75. The fourth-order valence-electron chi connectivity index (χ4n) is 4.89. The molecule has 0 saturated heterocycles. The van der Waals surface area contributed by atoms with Crippen molar-refractivity contribution in [1.29, 1.82) is 0 Å². The van der Waals surface area contributed by atoms with Crippen LogP contribution in [0, 0.1) is 25.2 Å². The van der Waals surface area contributed by atoms with Gasteiger partial charge >= 0.3 is 0 Å². The van der Waals surface area contributed by atoms with Gasteiger partial charge in [-0.2, -0.15) is 0 Å². The van der Waals surface area contributed by atoms with Gasteiger partial charge in [0.05, 0.1) is 19.8 Å². The Morgan fingerprint density at radius 1 is 0.889 bits per heavy atom. The molecule has 0 bridgehead atoms. The summed E-state index contributed by atoms with van der Waals surface area (Å²) in [6.45, 7) is 18.3. The van der Waals surface area contributed by atoms with E-state index in [1.807, 2.05) is 32.9 Å². The van der Waals surface area contributed by atoms with Crippen LogP contribution in [0.25, 0.3) is 0 Å². The molecule has 0 radical (unpaired) electrons. The minimum absolute atomic E-state index is 0.0109. The Kier molecular flexibility index (Phi) is 9.06. The molecule has 2 unspecified atom stereocenters. The van der Waals surface area contributed by atoms with Crippen LogP contribution >= 0.6 is 7.14 Å². The highest BCUT2D eigenvalue weighted by Gasteiger charge is 2.44. The Hall–Kier alpha value is -2.39. The third-order valence-corrected chi connectivity index (χ3v) is 9.35. The van der Waals surface area contributed by atoms with Crippen LogP contribution in [0.15, 0.2) is 30.3 Å². The summed E-state index contributed by atoms with van der Waals surface area (Å²) in [6, 6.07) is 8.69. The van der Waals surface area contributed by atoms with Crippen molar-refractivity contribution in [3.05, 3.63) is 58.1 Å². The van der Waals surface area contributed by atoms with E-state index in [0.29, 0.717) is 11.3 Å². The van der Waals surface area contributed by atoms with E-state index < -0.39 is 18.2 Å². The van der Waals surface area contributed by atoms with E-state index in [1.165, 1.54) is 20.3 Å². The Labute approximate surface area is 217 Å². The first-order valence-corrected chi connectivity index (χ1v) is 14.4. The minimum Gasteiger partial charge on any atom is -0.497 e. The first-order chi connectivity index (χ1) is 16.4. The van der Waals surface area contributed by atoms with Crippen molar-refractivity contribution < 1.29 is 23.6 Å². The zero-order valence-corrected chi connectivity index (χ0v) is 24.8. The number of methoxy groups -OCH3 is 2. The largest absolute Gasteiger partial charge is 0.497 e. The van der Waals surface area contributed by atoms with Crippen LogP contribution in [-0.4, -0.2) is 31.4 Å². The Morgan fingerprint density at radius 2 is 1.44 bits per heavy atom. The van der Waals surface area contributed by atoms with E-state index in [0.717, 1.165) is 23.1 Å². The summed E-state index contributed by atoms with van der Waals surface area (Å²) in [6.07, 6.45) is 0.745. The molecule has 0 heterocycles. The fourth-order valence-corrected chi connectivity index (χ4v) is 7.70. The normalized spacial score (nSPS) is 14.6. The predicted molar refractivity (Wildman–Crippen MR) is 149 cm³/mol. The summed E-state index contributed by atoms with van der Waals surface area (Å²) in [5.41, 5.74) is 1.73. The van der Waals surface area contributed by atoms with Gasteiger partial charge in [0.1, 0.15) is 11.5 Å². The highest BCUT2D eigenvalue weighted by molar-refractivity contribution is 7.95. The van der Waals surface area contributed by atoms with Crippen LogP contribution in [0.5, 0.6) is 11.5 Å². The van der Waals surface area contributed by atoms with Crippen LogP contribution in [0.3, 0.4) is 0 Å². The lowest BCUT2D eigenvalue weighted by Crippen LogP contribution is -2.22. The third kappa shape index (κ3) is 6.68. The molecule has 0 saturated carbocycles. The average molecular weight is 515 g/mol. The molecule has 0 aliphatic rings. The molecule has 0 spiro atoms. The second-order valence-corrected chi connectivity index (χ2v) is 14.9. The predicted octanol–water partition coefficient (Wildman–Crippen LogP) is 8.03. The van der Waals surface area contributed by atoms with Gasteiger partial charge in [-0.15, -0.1) is 0 Å². The van der Waals surface area contributed by atoms with Crippen LogP contribution in [0.4, 0.5) is 0 Å². The maximum Gasteiger partial charge on any atom is 0.232 e. The number of hydrogen-bond acceptors (Lipinski definition) is 5. The molecule has 0 amide bonds. The van der Waals surface area contributed by atoms with Gasteiger partial charge in [0.15, 0.2) is 0 Å². The molecule has 2 rings (SSSR count). The van der Waals surface area contributed by atoms with Gasteiger partial charge in [-0.25, -0.2) is 0 Å². The molecule has 2 atom stereocenters. The quantitative estimate of drug-likeness (QED) is 0.317. The molecule has 0 aliphatic carbocycles. The lowest BCUT2D eigenvalue weighted by Gasteiger charge is -2.27. The number of hydrogen-bond donors (Lipinski definition) is 0. The lowest BCUT2D eigenvalue weighted by atomic mass is 9.84. The van der Waals surface area contributed by atoms with Gasteiger partial charge in [0.25, 0.3) is 0 Å². The van der Waals surface area contributed by atoms with E-state index in [4.69, 9.17) is 9.47 Å². The van der Waals surface area contributed by atoms with E-state index >= 15 is 0 Å². The molecule has 36 heavy (non-hydrogen) atoms. The SMILES string of the molecule is COc1ccc(C(=O)P(=O)(CC(C)CC(C)(C)C)C(=O)c2c(C)cc(C(C)(C)C)cc2C)c(OC)c1. The summed E-state index contributed by atoms with van der Waals surface area (Å²) in [4.78, 5) is 28.2. The molecule has 198 valence electrons. The van der Waals surface area contributed by atoms with E-state index in [2.05, 4.69) is 41.5 Å². The molecule has 0 aromatic heterocycles. The molecule has 0 N–H and O–H groups in total. The maximum absolute atomic E-state index is 14.7. The number of carbonyl (C=O) groups is 2. The summed E-state index contributed by atoms with van der Waals surface area (Å²) in [5.74, 6) is 0.657. The summed E-state index contributed by atoms with van der Waals surface area (Å²) >= 11 is 0. The van der Waals surface area contributed by atoms with Gasteiger partial charge in [-0.3, -0.25) is 9.59 Å². The maximum atomic E-state index is 14.7. The second kappa shape index (κ2) is 10.9. The summed E-state index contributed by atoms with van der Waals surface area (Å²) in [5, 5.41) is 0. The van der Waals surface area contributed by atoms with Gasteiger partial charge in [-0.1, -0.05) is 60.6 Å². The van der Waals surface area contributed by atoms with Gasteiger partial charge in [-0.05, 0) is 65.8 Å². The molecular formula is C30H43O5P. The minimum atomic E-state index is -4.06. The molecule has 6 heteroatoms. The van der Waals surface area contributed by atoms with Crippen molar-refractivity contribution in [2.45, 2.75) is 74.1 Å². The Morgan fingerprint density at radius 3 is 1.89 bits per heavy atom. The number of rotatable bonds is 9. The summed E-state index contributed by atoms with van der Waals surface area (Å²) < 4.78 is 25.4. The van der Waals surface area contributed by atoms with Crippen molar-refractivity contribution >= 4 is 18.2 Å². The number of aryl methyl sites for hydroxylation is 2. The zero-order valence-electron chi connectivity index (χ0n) is 23.9. The number of ether oxygens (including phenoxy) is 2. The Balaban J connectivity index is 2.71. The molecule has 0 fully saturated rings. The van der Waals surface area contributed by atoms with Crippen LogP contribution in [0.2, 0.25) is 0 Å². The van der Waals surface area contributed by atoms with Crippen LogP contribution < -0.4 is 9.47 Å². The van der Waals surface area contributed by atoms with Gasteiger partial charge in [0, 0.05) is 17.8 Å². The Bertz CT molecular complexity index is 1160. The van der Waals surface area contributed by atoms with Gasteiger partial charge < -0.3 is 14.0 Å². The second-order valence-electron chi connectivity index (χ2n) is 12.2. The van der Waals surface area contributed by atoms with Crippen molar-refractivity contribution in [2.75, 3.05) is 20.4 Å². The van der Waals surface area contributed by atoms with Crippen molar-refractivity contribution in [1.82, 2.24) is 0 Å². The first kappa shape index (κ1) is 29.8. The van der Waals surface area contributed by atoms with Crippen LogP contribution in [-0.2, 0) is 9.98 Å². The molecule has 2 aromatic rings. The smallest absolute Gasteiger partial charge is 0.232 e. The molecule has 0 aliphatic heterocycles. The fraction of sp³-hybridized carbons (Fsp3) is 0.533. The van der Waals surface area contributed by atoms with E-state index in [1.54, 1.807) is 12.1 Å². The molecular weight excluding hydrogens is 471 g/mol. The molecule has 2 aromatic carbocycles. The van der Waals surface area contributed by atoms with Crippen molar-refractivity contribution in [2.24, 2.45) is 11.3 Å².